The molecule has 4 heteroatoms. The number of hydrogen-bond acceptors (Lipinski definition) is 2. The summed E-state index contributed by atoms with van der Waals surface area (Å²) in [6.45, 7) is 6.27. The number of carbonyl (C=O) groups is 2. The minimum Gasteiger partial charge on any atom is -0.301 e. The summed E-state index contributed by atoms with van der Waals surface area (Å²) in [6.07, 6.45) is 5.39. The van der Waals surface area contributed by atoms with E-state index in [2.05, 4.69) is 31.2 Å². The first-order valence-electron chi connectivity index (χ1n) is 10.7. The molecule has 1 saturated carbocycles. The van der Waals surface area contributed by atoms with Crippen molar-refractivity contribution in [2.75, 3.05) is 16.3 Å². The zero-order chi connectivity index (χ0) is 20.3. The second-order valence-electron chi connectivity index (χ2n) is 9.07. The molecular weight excluding hydrogens is 360 g/mol. The maximum absolute atomic E-state index is 14.0. The van der Waals surface area contributed by atoms with Gasteiger partial charge in [0.25, 0.3) is 5.91 Å². The Bertz CT molecular complexity index is 996. The molecule has 4 nitrogen and oxygen atoms in total. The summed E-state index contributed by atoms with van der Waals surface area (Å²) in [5.74, 6) is 0.113. The van der Waals surface area contributed by atoms with E-state index in [1.54, 1.807) is 4.90 Å². The lowest BCUT2D eigenvalue weighted by molar-refractivity contribution is -0.129. The fraction of sp³-hybridized carbons (Fsp3) is 0.440. The maximum atomic E-state index is 14.0. The van der Waals surface area contributed by atoms with Crippen LogP contribution in [-0.4, -0.2) is 24.4 Å². The second kappa shape index (κ2) is 6.45. The molecule has 1 atom stereocenters. The highest BCUT2D eigenvalue weighted by atomic mass is 16.2. The molecule has 1 spiro atoms. The van der Waals surface area contributed by atoms with Crippen LogP contribution in [0, 0.1) is 20.8 Å². The smallest absolute Gasteiger partial charge is 0.251 e. The normalized spacial score (nSPS) is 22.8. The second-order valence-corrected chi connectivity index (χ2v) is 9.07. The van der Waals surface area contributed by atoms with E-state index in [0.29, 0.717) is 0 Å². The molecule has 5 rings (SSSR count). The van der Waals surface area contributed by atoms with Gasteiger partial charge in [0.05, 0.1) is 5.69 Å². The molecule has 2 heterocycles. The third kappa shape index (κ3) is 2.51. The van der Waals surface area contributed by atoms with Gasteiger partial charge in [-0.05, 0) is 56.4 Å². The fourth-order valence-corrected chi connectivity index (χ4v) is 6.21. The molecule has 1 unspecified atom stereocenters. The lowest BCUT2D eigenvalue weighted by Gasteiger charge is -2.45. The monoisotopic (exact) mass is 388 g/mol. The van der Waals surface area contributed by atoms with Crippen molar-refractivity contribution in [2.45, 2.75) is 64.3 Å². The van der Waals surface area contributed by atoms with Crippen LogP contribution in [0.15, 0.2) is 36.4 Å². The molecule has 0 N–H and O–H groups in total. The highest BCUT2D eigenvalue weighted by Gasteiger charge is 2.59. The first-order valence-corrected chi connectivity index (χ1v) is 10.7. The Labute approximate surface area is 172 Å². The third-order valence-electron chi connectivity index (χ3n) is 7.19. The van der Waals surface area contributed by atoms with Crippen molar-refractivity contribution in [1.29, 1.82) is 0 Å². The van der Waals surface area contributed by atoms with Crippen LogP contribution in [0.1, 0.15) is 54.4 Å². The van der Waals surface area contributed by atoms with E-state index in [0.717, 1.165) is 48.2 Å². The molecule has 29 heavy (non-hydrogen) atoms. The van der Waals surface area contributed by atoms with E-state index in [-0.39, 0.29) is 23.8 Å². The van der Waals surface area contributed by atoms with Gasteiger partial charge in [0.2, 0.25) is 5.91 Å². The number of fused-ring (bicyclic) bond motifs is 5. The number of aryl methyl sites for hydroxylation is 3. The number of rotatable bonds is 1. The van der Waals surface area contributed by atoms with Crippen molar-refractivity contribution >= 4 is 23.2 Å². The Morgan fingerprint density at radius 1 is 0.931 bits per heavy atom. The van der Waals surface area contributed by atoms with Crippen LogP contribution < -0.4 is 9.80 Å². The molecule has 150 valence electrons. The number of hydrogen-bond donors (Lipinski definition) is 0. The van der Waals surface area contributed by atoms with E-state index in [9.17, 15) is 9.59 Å². The lowest BCUT2D eigenvalue weighted by atomic mass is 9.66. The van der Waals surface area contributed by atoms with Gasteiger partial charge in [0, 0.05) is 11.1 Å². The topological polar surface area (TPSA) is 40.6 Å². The van der Waals surface area contributed by atoms with Crippen molar-refractivity contribution in [3.8, 4) is 0 Å². The van der Waals surface area contributed by atoms with E-state index < -0.39 is 6.04 Å². The molecule has 0 bridgehead atoms. The van der Waals surface area contributed by atoms with Crippen LogP contribution in [0.25, 0.3) is 0 Å². The molecular formula is C25H28N2O2. The van der Waals surface area contributed by atoms with Crippen LogP contribution >= 0.6 is 0 Å². The minimum atomic E-state index is -0.415. The molecule has 1 saturated heterocycles. The van der Waals surface area contributed by atoms with Gasteiger partial charge in [-0.2, -0.15) is 0 Å². The Morgan fingerprint density at radius 3 is 2.28 bits per heavy atom. The molecule has 2 amide bonds. The average Bonchev–Trinajstić information content (AvgIpc) is 2.96. The van der Waals surface area contributed by atoms with Crippen LogP contribution in [0.2, 0.25) is 0 Å². The average molecular weight is 389 g/mol. The number of piperazine rings is 1. The molecule has 3 aliphatic rings. The summed E-state index contributed by atoms with van der Waals surface area (Å²) < 4.78 is 0. The van der Waals surface area contributed by atoms with Gasteiger partial charge in [0.1, 0.15) is 12.6 Å². The van der Waals surface area contributed by atoms with Crippen molar-refractivity contribution < 1.29 is 9.59 Å². The van der Waals surface area contributed by atoms with E-state index in [1.807, 2.05) is 30.9 Å². The van der Waals surface area contributed by atoms with Crippen LogP contribution in [0.3, 0.4) is 0 Å². The van der Waals surface area contributed by atoms with Crippen molar-refractivity contribution in [1.82, 2.24) is 0 Å². The molecule has 2 aromatic carbocycles. The van der Waals surface area contributed by atoms with Gasteiger partial charge in [-0.1, -0.05) is 55.2 Å². The summed E-state index contributed by atoms with van der Waals surface area (Å²) in [6, 6.07) is 12.0. The number of amides is 2. The SMILES string of the molecule is Cc1cc(C)c(N2CC(=O)N3c4ccccc4C4(CCCCC4)C3C2=O)c(C)c1. The van der Waals surface area contributed by atoms with Crippen LogP contribution in [0.4, 0.5) is 11.4 Å². The zero-order valence-electron chi connectivity index (χ0n) is 17.5. The van der Waals surface area contributed by atoms with Crippen molar-refractivity contribution in [3.63, 3.8) is 0 Å². The quantitative estimate of drug-likeness (QED) is 0.718. The van der Waals surface area contributed by atoms with Crippen LogP contribution in [0.5, 0.6) is 0 Å². The molecule has 2 aliphatic heterocycles. The predicted octanol–water partition coefficient (Wildman–Crippen LogP) is 4.58. The summed E-state index contributed by atoms with van der Waals surface area (Å²) in [4.78, 5) is 31.0. The van der Waals surface area contributed by atoms with Crippen molar-refractivity contribution in [2.24, 2.45) is 0 Å². The highest BCUT2D eigenvalue weighted by Crippen LogP contribution is 2.54. The summed E-state index contributed by atoms with van der Waals surface area (Å²) in [7, 11) is 0. The van der Waals surface area contributed by atoms with E-state index in [1.165, 1.54) is 17.5 Å². The first kappa shape index (κ1) is 18.4. The Kier molecular flexibility index (Phi) is 4.09. The molecule has 1 aliphatic carbocycles. The molecule has 0 aromatic heterocycles. The summed E-state index contributed by atoms with van der Waals surface area (Å²) >= 11 is 0. The van der Waals surface area contributed by atoms with Crippen molar-refractivity contribution in [3.05, 3.63) is 58.7 Å². The number of benzene rings is 2. The van der Waals surface area contributed by atoms with Gasteiger partial charge in [0.15, 0.2) is 0 Å². The first-order chi connectivity index (χ1) is 13.9. The number of nitrogens with zero attached hydrogens (tertiary/aromatic N) is 2. The standard InChI is InChI=1S/C25H28N2O2/c1-16-13-17(2)22(18(3)14-16)26-15-21(28)27-20-10-6-5-9-19(20)25(23(27)24(26)29)11-7-4-8-12-25/h5-6,9-10,13-14,23H,4,7-8,11-12,15H2,1-3H3. The Morgan fingerprint density at radius 2 is 1.59 bits per heavy atom. The minimum absolute atomic E-state index is 0.0314. The number of anilines is 2. The zero-order valence-corrected chi connectivity index (χ0v) is 17.5. The predicted molar refractivity (Wildman–Crippen MR) is 115 cm³/mol. The third-order valence-corrected chi connectivity index (χ3v) is 7.19. The highest BCUT2D eigenvalue weighted by molar-refractivity contribution is 6.17. The Hall–Kier alpha value is -2.62. The lowest BCUT2D eigenvalue weighted by Crippen LogP contribution is -2.64. The largest absolute Gasteiger partial charge is 0.301 e. The van der Waals surface area contributed by atoms with Gasteiger partial charge in [-0.15, -0.1) is 0 Å². The van der Waals surface area contributed by atoms with Gasteiger partial charge in [-0.3, -0.25) is 14.5 Å². The van der Waals surface area contributed by atoms with Gasteiger partial charge < -0.3 is 4.90 Å². The maximum Gasteiger partial charge on any atom is 0.251 e. The summed E-state index contributed by atoms with van der Waals surface area (Å²) in [5.41, 5.74) is 6.12. The summed E-state index contributed by atoms with van der Waals surface area (Å²) in [5, 5.41) is 0. The number of carbonyl (C=O) groups excluding carboxylic acids is 2. The van der Waals surface area contributed by atoms with E-state index >= 15 is 0 Å². The fourth-order valence-electron chi connectivity index (χ4n) is 6.21. The van der Waals surface area contributed by atoms with E-state index in [4.69, 9.17) is 0 Å². The Balaban J connectivity index is 1.66. The van der Waals surface area contributed by atoms with Gasteiger partial charge >= 0.3 is 0 Å². The molecule has 2 aromatic rings. The number of para-hydroxylation sites is 1. The van der Waals surface area contributed by atoms with Gasteiger partial charge in [-0.25, -0.2) is 0 Å². The molecule has 2 fully saturated rings. The van der Waals surface area contributed by atoms with Crippen LogP contribution in [-0.2, 0) is 15.0 Å². The molecule has 0 radical (unpaired) electrons.